The summed E-state index contributed by atoms with van der Waals surface area (Å²) in [5.74, 6) is 0. The van der Waals surface area contributed by atoms with Crippen LogP contribution in [0.3, 0.4) is 0 Å². The molecule has 0 spiro atoms. The molecule has 2 aromatic heterocycles. The van der Waals surface area contributed by atoms with Gasteiger partial charge in [0, 0.05) is 35.6 Å². The first-order chi connectivity index (χ1) is 16.1. The van der Waals surface area contributed by atoms with Gasteiger partial charge in [0.2, 0.25) is 0 Å². The number of pyridine rings is 1. The Morgan fingerprint density at radius 1 is 1.03 bits per heavy atom. The van der Waals surface area contributed by atoms with Crippen LogP contribution in [0.25, 0.3) is 27.6 Å². The molecule has 0 fully saturated rings. The summed E-state index contributed by atoms with van der Waals surface area (Å²) < 4.78 is 1.82. The van der Waals surface area contributed by atoms with Crippen molar-refractivity contribution in [2.75, 3.05) is 5.32 Å². The van der Waals surface area contributed by atoms with Crippen LogP contribution in [-0.2, 0) is 6.42 Å². The lowest BCUT2D eigenvalue weighted by atomic mass is 10.0. The van der Waals surface area contributed by atoms with Gasteiger partial charge in [-0.25, -0.2) is 4.68 Å². The zero-order chi connectivity index (χ0) is 22.8. The largest absolute Gasteiger partial charge is 0.362 e. The molecule has 2 N–H and O–H groups in total. The van der Waals surface area contributed by atoms with Gasteiger partial charge in [0.25, 0.3) is 0 Å². The summed E-state index contributed by atoms with van der Waals surface area (Å²) >= 11 is 6.94. The standard InChI is InChI=1S/C26H21ClN6/c1-17-21(15-18-7-9-19(10-8-18)29-14-4-13-28)26(27)22-16-20(11-12-23(22)30-17)33-25-6-3-2-5-24(25)31-32-33/h2-14,16,28-29H,15H2,1H3/b14-4-,28-13?. The molecule has 0 saturated heterocycles. The first kappa shape index (κ1) is 20.8. The Balaban J connectivity index is 1.50. The number of benzene rings is 3. The lowest BCUT2D eigenvalue weighted by Gasteiger charge is -2.13. The highest BCUT2D eigenvalue weighted by Crippen LogP contribution is 2.32. The fraction of sp³-hybridized carbons (Fsp3) is 0.0769. The number of nitrogens with one attached hydrogen (secondary N) is 2. The second-order valence-corrected chi connectivity index (χ2v) is 8.10. The first-order valence-corrected chi connectivity index (χ1v) is 10.9. The maximum Gasteiger partial charge on any atom is 0.113 e. The molecule has 0 aliphatic rings. The second kappa shape index (κ2) is 8.84. The highest BCUT2D eigenvalue weighted by molar-refractivity contribution is 6.36. The van der Waals surface area contributed by atoms with Crippen molar-refractivity contribution in [3.05, 3.63) is 101 Å². The molecule has 0 aliphatic heterocycles. The molecule has 5 rings (SSSR count). The minimum Gasteiger partial charge on any atom is -0.362 e. The van der Waals surface area contributed by atoms with E-state index in [9.17, 15) is 0 Å². The van der Waals surface area contributed by atoms with E-state index in [2.05, 4.69) is 27.8 Å². The van der Waals surface area contributed by atoms with Crippen LogP contribution in [0.15, 0.2) is 79.0 Å². The summed E-state index contributed by atoms with van der Waals surface area (Å²) in [7, 11) is 0. The molecule has 3 aromatic carbocycles. The molecular weight excluding hydrogens is 432 g/mol. The predicted molar refractivity (Wildman–Crippen MR) is 135 cm³/mol. The number of rotatable bonds is 6. The van der Waals surface area contributed by atoms with E-state index in [1.54, 1.807) is 12.3 Å². The third-order valence-corrected chi connectivity index (χ3v) is 6.01. The Hall–Kier alpha value is -4.03. The molecule has 33 heavy (non-hydrogen) atoms. The Kier molecular flexibility index (Phi) is 5.59. The van der Waals surface area contributed by atoms with Crippen molar-refractivity contribution >= 4 is 45.4 Å². The number of nitrogens with zero attached hydrogens (tertiary/aromatic N) is 4. The summed E-state index contributed by atoms with van der Waals surface area (Å²) in [6.45, 7) is 2.00. The smallest absolute Gasteiger partial charge is 0.113 e. The molecule has 0 aliphatic carbocycles. The van der Waals surface area contributed by atoms with E-state index >= 15 is 0 Å². The van der Waals surface area contributed by atoms with Gasteiger partial charge >= 0.3 is 0 Å². The van der Waals surface area contributed by atoms with E-state index in [0.717, 1.165) is 50.1 Å². The van der Waals surface area contributed by atoms with Crippen LogP contribution in [0.2, 0.25) is 5.02 Å². The van der Waals surface area contributed by atoms with Gasteiger partial charge in [-0.15, -0.1) is 5.10 Å². The molecule has 0 saturated carbocycles. The van der Waals surface area contributed by atoms with Crippen molar-refractivity contribution in [2.24, 2.45) is 0 Å². The van der Waals surface area contributed by atoms with Crippen LogP contribution in [-0.4, -0.2) is 26.2 Å². The van der Waals surface area contributed by atoms with Crippen LogP contribution < -0.4 is 5.32 Å². The van der Waals surface area contributed by atoms with Crippen molar-refractivity contribution in [1.82, 2.24) is 20.0 Å². The Bertz CT molecular complexity index is 1500. The second-order valence-electron chi connectivity index (χ2n) is 7.72. The van der Waals surface area contributed by atoms with Crippen molar-refractivity contribution in [2.45, 2.75) is 13.3 Å². The number of aromatic nitrogens is 4. The van der Waals surface area contributed by atoms with Crippen LogP contribution in [0, 0.1) is 12.3 Å². The monoisotopic (exact) mass is 452 g/mol. The summed E-state index contributed by atoms with van der Waals surface area (Å²) in [4.78, 5) is 4.81. The van der Waals surface area contributed by atoms with Crippen LogP contribution in [0.5, 0.6) is 0 Å². The third-order valence-electron chi connectivity index (χ3n) is 5.58. The molecule has 6 nitrogen and oxygen atoms in total. The van der Waals surface area contributed by atoms with Gasteiger partial charge in [0.15, 0.2) is 0 Å². The number of fused-ring (bicyclic) bond motifs is 2. The van der Waals surface area contributed by atoms with Gasteiger partial charge in [0.05, 0.1) is 21.7 Å². The Morgan fingerprint density at radius 3 is 2.67 bits per heavy atom. The van der Waals surface area contributed by atoms with Crippen LogP contribution in [0.4, 0.5) is 5.69 Å². The maximum absolute atomic E-state index is 7.04. The van der Waals surface area contributed by atoms with Crippen LogP contribution >= 0.6 is 11.6 Å². The minimum absolute atomic E-state index is 0.681. The molecule has 5 aromatic rings. The highest BCUT2D eigenvalue weighted by Gasteiger charge is 2.14. The van der Waals surface area contributed by atoms with Crippen molar-refractivity contribution in [1.29, 1.82) is 5.41 Å². The van der Waals surface area contributed by atoms with Gasteiger partial charge in [-0.05, 0) is 66.6 Å². The maximum atomic E-state index is 7.04. The van der Waals surface area contributed by atoms with E-state index in [4.69, 9.17) is 22.0 Å². The fourth-order valence-corrected chi connectivity index (χ4v) is 4.23. The fourth-order valence-electron chi connectivity index (χ4n) is 3.88. The number of para-hydroxylation sites is 1. The molecule has 162 valence electrons. The quantitative estimate of drug-likeness (QED) is 0.305. The lowest BCUT2D eigenvalue weighted by molar-refractivity contribution is 0.825. The van der Waals surface area contributed by atoms with Crippen LogP contribution in [0.1, 0.15) is 16.8 Å². The van der Waals surface area contributed by atoms with E-state index in [0.29, 0.717) is 11.4 Å². The first-order valence-electron chi connectivity index (χ1n) is 10.5. The SMILES string of the molecule is Cc1nc2ccc(-n3nnc4ccccc43)cc2c(Cl)c1Cc1ccc(N/C=C\C=N)cc1. The zero-order valence-electron chi connectivity index (χ0n) is 18.0. The number of hydrogen-bond donors (Lipinski definition) is 2. The van der Waals surface area contributed by atoms with Gasteiger partial charge in [-0.1, -0.05) is 41.1 Å². The Morgan fingerprint density at radius 2 is 1.85 bits per heavy atom. The van der Waals surface area contributed by atoms with Gasteiger partial charge in [0.1, 0.15) is 5.52 Å². The molecule has 7 heteroatoms. The van der Waals surface area contributed by atoms with E-state index < -0.39 is 0 Å². The highest BCUT2D eigenvalue weighted by atomic mass is 35.5. The zero-order valence-corrected chi connectivity index (χ0v) is 18.7. The van der Waals surface area contributed by atoms with Crippen molar-refractivity contribution in [3.63, 3.8) is 0 Å². The number of allylic oxidation sites excluding steroid dienone is 1. The topological polar surface area (TPSA) is 79.5 Å². The normalized spacial score (nSPS) is 11.5. The predicted octanol–water partition coefficient (Wildman–Crippen LogP) is 6.10. The Labute approximate surface area is 196 Å². The number of halogens is 1. The van der Waals surface area contributed by atoms with Crippen molar-refractivity contribution in [3.8, 4) is 5.69 Å². The molecule has 0 atom stereocenters. The molecule has 2 heterocycles. The van der Waals surface area contributed by atoms with E-state index in [1.807, 2.05) is 66.2 Å². The summed E-state index contributed by atoms with van der Waals surface area (Å²) in [5.41, 5.74) is 7.56. The van der Waals surface area contributed by atoms with Crippen molar-refractivity contribution < 1.29 is 0 Å². The average Bonchev–Trinajstić information content (AvgIpc) is 3.27. The van der Waals surface area contributed by atoms with E-state index in [-0.39, 0.29) is 0 Å². The van der Waals surface area contributed by atoms with Gasteiger partial charge in [-0.2, -0.15) is 0 Å². The average molecular weight is 453 g/mol. The molecule has 0 unspecified atom stereocenters. The molecule has 0 amide bonds. The third kappa shape index (κ3) is 4.08. The number of hydrogen-bond acceptors (Lipinski definition) is 5. The summed E-state index contributed by atoms with van der Waals surface area (Å²) in [5, 5.41) is 20.4. The molecular formula is C26H21ClN6. The lowest BCUT2D eigenvalue weighted by Crippen LogP contribution is -2.00. The number of anilines is 1. The summed E-state index contributed by atoms with van der Waals surface area (Å²) in [6.07, 6.45) is 5.27. The number of aryl methyl sites for hydroxylation is 1. The van der Waals surface area contributed by atoms with E-state index in [1.165, 1.54) is 6.21 Å². The minimum atomic E-state index is 0.681. The van der Waals surface area contributed by atoms with Gasteiger partial charge < -0.3 is 10.7 Å². The summed E-state index contributed by atoms with van der Waals surface area (Å²) in [6, 6.07) is 22.0. The molecule has 0 bridgehead atoms. The molecule has 0 radical (unpaired) electrons. The van der Waals surface area contributed by atoms with Gasteiger partial charge in [-0.3, -0.25) is 4.98 Å².